The molecule has 31 heavy (non-hydrogen) atoms. The topological polar surface area (TPSA) is 105 Å². The normalized spacial score (nSPS) is 18.4. The molecule has 1 aromatic rings. The number of benzene rings is 1. The number of nitrogens with zero attached hydrogens (tertiary/aromatic N) is 2. The summed E-state index contributed by atoms with van der Waals surface area (Å²) >= 11 is 0. The number of anilines is 1. The highest BCUT2D eigenvalue weighted by atomic mass is 16.6. The molecule has 0 unspecified atom stereocenters. The fraction of sp³-hybridized carbons (Fsp3) is 0.455. The molecular weight excluding hydrogens is 402 g/mol. The SMILES string of the molecule is CC(=O)NC[C@H]1CN(c2ccc(C3=CCN(C(=O)COC(C)=O)CC3)cc2C)C(=O)O1. The Balaban J connectivity index is 1.63. The number of ether oxygens (including phenoxy) is 2. The Kier molecular flexibility index (Phi) is 6.94. The van der Waals surface area contributed by atoms with Crippen LogP contribution in [0.25, 0.3) is 5.57 Å². The third kappa shape index (κ3) is 5.62. The molecule has 2 aliphatic rings. The van der Waals surface area contributed by atoms with Crippen LogP contribution in [0.15, 0.2) is 24.3 Å². The maximum absolute atomic E-state index is 12.3. The first-order valence-electron chi connectivity index (χ1n) is 10.2. The number of hydrogen-bond donors (Lipinski definition) is 1. The van der Waals surface area contributed by atoms with E-state index in [2.05, 4.69) is 5.32 Å². The van der Waals surface area contributed by atoms with E-state index >= 15 is 0 Å². The molecule has 0 spiro atoms. The van der Waals surface area contributed by atoms with Crippen LogP contribution in [0.4, 0.5) is 10.5 Å². The second kappa shape index (κ2) is 9.63. The number of aryl methyl sites for hydroxylation is 1. The molecule has 0 saturated carbocycles. The van der Waals surface area contributed by atoms with Gasteiger partial charge in [-0.2, -0.15) is 0 Å². The van der Waals surface area contributed by atoms with E-state index < -0.39 is 12.1 Å². The van der Waals surface area contributed by atoms with Gasteiger partial charge in [0, 0.05) is 26.9 Å². The van der Waals surface area contributed by atoms with Crippen LogP contribution in [0.2, 0.25) is 0 Å². The van der Waals surface area contributed by atoms with Crippen molar-refractivity contribution < 1.29 is 28.7 Å². The Bertz CT molecular complexity index is 926. The number of carbonyl (C=O) groups excluding carboxylic acids is 4. The van der Waals surface area contributed by atoms with Gasteiger partial charge in [0.25, 0.3) is 5.91 Å². The number of rotatable bonds is 6. The molecule has 1 N–H and O–H groups in total. The van der Waals surface area contributed by atoms with Gasteiger partial charge in [0.15, 0.2) is 6.61 Å². The van der Waals surface area contributed by atoms with Crippen LogP contribution >= 0.6 is 0 Å². The summed E-state index contributed by atoms with van der Waals surface area (Å²) in [5.41, 5.74) is 3.87. The standard InChI is InChI=1S/C22H27N3O6/c1-14-10-18(17-6-8-24(9-7-17)21(28)13-30-16(3)27)4-5-20(14)25-12-19(31-22(25)29)11-23-15(2)26/h4-6,10,19H,7-9,11-13H2,1-3H3,(H,23,26)/t19-/m0/s1. The number of cyclic esters (lactones) is 1. The quantitative estimate of drug-likeness (QED) is 0.689. The van der Waals surface area contributed by atoms with Gasteiger partial charge in [-0.25, -0.2) is 4.79 Å². The van der Waals surface area contributed by atoms with E-state index in [4.69, 9.17) is 9.47 Å². The minimum atomic E-state index is -0.472. The fourth-order valence-corrected chi connectivity index (χ4v) is 3.65. The minimum Gasteiger partial charge on any atom is -0.456 e. The van der Waals surface area contributed by atoms with Gasteiger partial charge >= 0.3 is 12.1 Å². The first kappa shape index (κ1) is 22.3. The molecule has 2 aliphatic heterocycles. The molecule has 1 fully saturated rings. The van der Waals surface area contributed by atoms with Crippen molar-refractivity contribution in [3.8, 4) is 0 Å². The van der Waals surface area contributed by atoms with E-state index in [1.54, 1.807) is 9.80 Å². The molecule has 0 aromatic heterocycles. The second-order valence-corrected chi connectivity index (χ2v) is 7.65. The number of hydrogen-bond acceptors (Lipinski definition) is 6. The first-order chi connectivity index (χ1) is 14.7. The van der Waals surface area contributed by atoms with Crippen molar-refractivity contribution >= 4 is 35.1 Å². The summed E-state index contributed by atoms with van der Waals surface area (Å²) in [6.07, 6.45) is 1.88. The molecule has 9 nitrogen and oxygen atoms in total. The molecule has 0 radical (unpaired) electrons. The maximum Gasteiger partial charge on any atom is 0.414 e. The lowest BCUT2D eigenvalue weighted by Crippen LogP contribution is -2.37. The summed E-state index contributed by atoms with van der Waals surface area (Å²) in [4.78, 5) is 49.5. The summed E-state index contributed by atoms with van der Waals surface area (Å²) in [5, 5.41) is 2.67. The zero-order valence-corrected chi connectivity index (χ0v) is 18.0. The predicted octanol–water partition coefficient (Wildman–Crippen LogP) is 1.64. The largest absolute Gasteiger partial charge is 0.456 e. The van der Waals surface area contributed by atoms with Crippen LogP contribution in [-0.4, -0.2) is 67.7 Å². The van der Waals surface area contributed by atoms with Crippen LogP contribution in [0, 0.1) is 6.92 Å². The van der Waals surface area contributed by atoms with E-state index in [0.717, 1.165) is 22.4 Å². The van der Waals surface area contributed by atoms with Crippen molar-refractivity contribution in [1.82, 2.24) is 10.2 Å². The third-order valence-corrected chi connectivity index (χ3v) is 5.27. The van der Waals surface area contributed by atoms with E-state index in [9.17, 15) is 19.2 Å². The number of esters is 1. The molecule has 3 amide bonds. The lowest BCUT2D eigenvalue weighted by Gasteiger charge is -2.27. The number of amides is 3. The highest BCUT2D eigenvalue weighted by Crippen LogP contribution is 2.30. The average molecular weight is 429 g/mol. The monoisotopic (exact) mass is 429 g/mol. The number of carbonyl (C=O) groups is 4. The van der Waals surface area contributed by atoms with Gasteiger partial charge < -0.3 is 19.7 Å². The Hall–Kier alpha value is -3.36. The summed E-state index contributed by atoms with van der Waals surface area (Å²) in [6, 6.07) is 5.87. The van der Waals surface area contributed by atoms with Crippen LogP contribution in [0.3, 0.4) is 0 Å². The zero-order valence-electron chi connectivity index (χ0n) is 18.0. The van der Waals surface area contributed by atoms with Crippen molar-refractivity contribution in [2.24, 2.45) is 0 Å². The lowest BCUT2D eigenvalue weighted by atomic mass is 9.97. The van der Waals surface area contributed by atoms with Crippen molar-refractivity contribution in [3.63, 3.8) is 0 Å². The van der Waals surface area contributed by atoms with Crippen LogP contribution in [-0.2, 0) is 23.9 Å². The molecule has 3 rings (SSSR count). The molecule has 1 saturated heterocycles. The van der Waals surface area contributed by atoms with E-state index in [-0.39, 0.29) is 31.1 Å². The van der Waals surface area contributed by atoms with Crippen molar-refractivity contribution in [2.45, 2.75) is 33.3 Å². The van der Waals surface area contributed by atoms with Gasteiger partial charge in [0.2, 0.25) is 5.91 Å². The van der Waals surface area contributed by atoms with Gasteiger partial charge in [-0.05, 0) is 42.2 Å². The Labute approximate surface area is 181 Å². The summed E-state index contributed by atoms with van der Waals surface area (Å²) < 4.78 is 10.1. The Morgan fingerprint density at radius 3 is 2.65 bits per heavy atom. The molecule has 0 aliphatic carbocycles. The highest BCUT2D eigenvalue weighted by molar-refractivity contribution is 5.91. The minimum absolute atomic E-state index is 0.164. The average Bonchev–Trinajstić information content (AvgIpc) is 3.10. The highest BCUT2D eigenvalue weighted by Gasteiger charge is 2.33. The van der Waals surface area contributed by atoms with Gasteiger partial charge in [-0.3, -0.25) is 19.3 Å². The van der Waals surface area contributed by atoms with Gasteiger partial charge in [0.1, 0.15) is 6.10 Å². The Morgan fingerprint density at radius 2 is 2.03 bits per heavy atom. The summed E-state index contributed by atoms with van der Waals surface area (Å²) in [7, 11) is 0. The smallest absolute Gasteiger partial charge is 0.414 e. The van der Waals surface area contributed by atoms with Crippen molar-refractivity contribution in [3.05, 3.63) is 35.4 Å². The van der Waals surface area contributed by atoms with Crippen LogP contribution in [0.1, 0.15) is 31.4 Å². The second-order valence-electron chi connectivity index (χ2n) is 7.65. The molecule has 2 heterocycles. The van der Waals surface area contributed by atoms with Crippen LogP contribution in [0.5, 0.6) is 0 Å². The van der Waals surface area contributed by atoms with E-state index in [0.29, 0.717) is 26.1 Å². The predicted molar refractivity (Wildman–Crippen MR) is 113 cm³/mol. The maximum atomic E-state index is 12.3. The summed E-state index contributed by atoms with van der Waals surface area (Å²) in [6.45, 7) is 6.07. The molecule has 166 valence electrons. The molecule has 1 atom stereocenters. The molecule has 1 aromatic carbocycles. The van der Waals surface area contributed by atoms with E-state index in [1.165, 1.54) is 13.8 Å². The van der Waals surface area contributed by atoms with E-state index in [1.807, 2.05) is 31.2 Å². The van der Waals surface area contributed by atoms with Gasteiger partial charge in [-0.1, -0.05) is 12.1 Å². The third-order valence-electron chi connectivity index (χ3n) is 5.27. The van der Waals surface area contributed by atoms with Gasteiger partial charge in [0.05, 0.1) is 18.8 Å². The fourth-order valence-electron chi connectivity index (χ4n) is 3.65. The molecular formula is C22H27N3O6. The molecule has 9 heteroatoms. The van der Waals surface area contributed by atoms with Crippen LogP contribution < -0.4 is 10.2 Å². The van der Waals surface area contributed by atoms with Gasteiger partial charge in [-0.15, -0.1) is 0 Å². The number of nitrogens with one attached hydrogen (secondary N) is 1. The van der Waals surface area contributed by atoms with Crippen molar-refractivity contribution in [2.75, 3.05) is 37.7 Å². The Morgan fingerprint density at radius 1 is 1.26 bits per heavy atom. The first-order valence-corrected chi connectivity index (χ1v) is 10.2. The molecule has 0 bridgehead atoms. The summed E-state index contributed by atoms with van der Waals surface area (Å²) in [5.74, 6) is -0.846. The van der Waals surface area contributed by atoms with Crippen molar-refractivity contribution in [1.29, 1.82) is 0 Å². The lowest BCUT2D eigenvalue weighted by molar-refractivity contribution is -0.150. The zero-order chi connectivity index (χ0) is 22.5.